The first-order valence-electron chi connectivity index (χ1n) is 48.1. The number of carboxylic acids is 1. The number of aliphatic carboxylic acids is 1. The number of nitrogens with one attached hydrogen (secondary N) is 2. The van der Waals surface area contributed by atoms with E-state index in [1.165, 1.54) is 89.2 Å². The van der Waals surface area contributed by atoms with E-state index in [9.17, 15) is 75.8 Å². The molecule has 10 N–H and O–H groups in total. The first kappa shape index (κ1) is 120. The summed E-state index contributed by atoms with van der Waals surface area (Å²) in [6.45, 7) is 13.6. The summed E-state index contributed by atoms with van der Waals surface area (Å²) in [4.78, 5) is 151. The lowest BCUT2D eigenvalue weighted by atomic mass is 9.94. The van der Waals surface area contributed by atoms with E-state index in [4.69, 9.17) is 50.2 Å². The van der Waals surface area contributed by atoms with Gasteiger partial charge in [0.2, 0.25) is 5.43 Å². The van der Waals surface area contributed by atoms with Crippen LogP contribution in [-0.2, 0) is 75.0 Å². The molecule has 10 fully saturated rings. The number of nitrogens with two attached hydrogens (primary N) is 1. The summed E-state index contributed by atoms with van der Waals surface area (Å²) in [5.41, 5.74) is 8.66. The number of aliphatic hydroxyl groups excluding tert-OH is 3. The van der Waals surface area contributed by atoms with Gasteiger partial charge in [0.15, 0.2) is 11.4 Å². The van der Waals surface area contributed by atoms with Crippen LogP contribution in [0.4, 0.5) is 18.0 Å². The number of piperidine rings is 3. The smallest absolute Gasteiger partial charge is 0.411 e. The van der Waals surface area contributed by atoms with Crippen LogP contribution in [0.3, 0.4) is 0 Å². The second kappa shape index (κ2) is 54.2. The van der Waals surface area contributed by atoms with Gasteiger partial charge in [0.1, 0.15) is 53.0 Å². The van der Waals surface area contributed by atoms with Gasteiger partial charge in [-0.3, -0.25) is 58.6 Å². The maximum absolute atomic E-state index is 13.8. The number of aliphatic imine (C=N–C) groups is 1. The monoisotopic (exact) mass is 2080 g/mol. The van der Waals surface area contributed by atoms with Crippen LogP contribution in [0.2, 0.25) is 0 Å². The quantitative estimate of drug-likeness (QED) is 0.0102. The number of halogens is 3. The number of allylic oxidation sites excluding steroid dienone is 4. The third kappa shape index (κ3) is 28.5. The fraction of sp³-hybridized carbons (Fsp3) is 0.464. The number of amides is 5. The number of ether oxygens (including phenoxy) is 7. The number of hydrogen-bond acceptors (Lipinski definition) is 28. The Morgan fingerprint density at radius 3 is 1.46 bits per heavy atom. The molecule has 6 aliphatic heterocycles. The van der Waals surface area contributed by atoms with Crippen LogP contribution in [0, 0.1) is 76.6 Å². The maximum atomic E-state index is 13.8. The number of carbonyl (C=O) groups excluding carboxylic acids is 10. The lowest BCUT2D eigenvalue weighted by Crippen LogP contribution is -2.53. The summed E-state index contributed by atoms with van der Waals surface area (Å²) in [5.74, 6) is -4.05. The highest BCUT2D eigenvalue weighted by molar-refractivity contribution is 7.59. The fourth-order valence-electron chi connectivity index (χ4n) is 21.6. The number of imide groups is 1. The number of aromatic nitrogens is 1. The lowest BCUT2D eigenvalue weighted by Gasteiger charge is -2.40. The molecule has 4 saturated heterocycles. The van der Waals surface area contributed by atoms with Crippen LogP contribution >= 0.6 is 13.5 Å². The molecule has 7 heterocycles. The van der Waals surface area contributed by atoms with Crippen molar-refractivity contribution >= 4 is 85.2 Å². The molecule has 21 rings (SSSR count). The molecule has 8 aliphatic carbocycles. The third-order valence-electron chi connectivity index (χ3n) is 28.5. The van der Waals surface area contributed by atoms with Gasteiger partial charge < -0.3 is 84.3 Å². The molecule has 34 nitrogen and oxygen atoms in total. The van der Waals surface area contributed by atoms with Gasteiger partial charge in [0, 0.05) is 99.4 Å². The van der Waals surface area contributed by atoms with Gasteiger partial charge in [-0.25, -0.2) is 37.1 Å². The number of likely N-dealkylation sites (tertiary alicyclic amines) is 3. The maximum Gasteiger partial charge on any atom is 0.411 e. The van der Waals surface area contributed by atoms with Gasteiger partial charge in [0.25, 0.3) is 36.2 Å². The topological polar surface area (TPSA) is 471 Å². The number of methoxy groups -OCH3 is 6. The molecule has 8 bridgehead atoms. The van der Waals surface area contributed by atoms with Crippen molar-refractivity contribution in [2.75, 3.05) is 49.8 Å². The Balaban J connectivity index is 0.000000208. The van der Waals surface area contributed by atoms with E-state index < -0.39 is 100 Å². The summed E-state index contributed by atoms with van der Waals surface area (Å²) in [7, 11) is 9.09. The number of carbonyl (C=O) groups is 11. The molecule has 0 radical (unpaired) electrons. The first-order chi connectivity index (χ1) is 69.2. The number of benzene rings is 6. The minimum absolute atomic E-state index is 0. The van der Waals surface area contributed by atoms with Gasteiger partial charge in [-0.1, -0.05) is 185 Å². The van der Waals surface area contributed by atoms with Crippen LogP contribution in [0.1, 0.15) is 208 Å². The largest absolute Gasteiger partial charge is 0.503 e. The number of carboxylic acid groups (broad SMARTS) is 1. The highest BCUT2D eigenvalue weighted by Crippen LogP contribution is 2.67. The molecular formula is C110H140F3N9O25S. The van der Waals surface area contributed by atoms with Crippen molar-refractivity contribution in [2.45, 2.75) is 218 Å². The van der Waals surface area contributed by atoms with Crippen molar-refractivity contribution in [3.8, 4) is 5.75 Å². The average Bonchev–Trinajstić information content (AvgIpc) is 1.53. The van der Waals surface area contributed by atoms with Crippen molar-refractivity contribution < 1.29 is 130 Å². The zero-order chi connectivity index (χ0) is 106. The summed E-state index contributed by atoms with van der Waals surface area (Å²) >= 11 is 0. The molecule has 7 aromatic rings. The molecule has 1 aromatic heterocycles. The highest BCUT2D eigenvalue weighted by atomic mass is 32.1. The Labute approximate surface area is 867 Å². The second-order valence-corrected chi connectivity index (χ2v) is 38.2. The lowest BCUT2D eigenvalue weighted by molar-refractivity contribution is -0.174. The Morgan fingerprint density at radius 2 is 1.00 bits per heavy atom. The zero-order valence-corrected chi connectivity index (χ0v) is 84.9. The molecule has 148 heavy (non-hydrogen) atoms. The van der Waals surface area contributed by atoms with Crippen molar-refractivity contribution in [3.63, 3.8) is 0 Å². The second-order valence-electron chi connectivity index (χ2n) is 38.2. The van der Waals surface area contributed by atoms with E-state index >= 15 is 0 Å². The summed E-state index contributed by atoms with van der Waals surface area (Å²) in [6.07, 6.45) is 19.9. The van der Waals surface area contributed by atoms with E-state index in [-0.39, 0.29) is 130 Å². The number of aromatic hydroxyl groups is 1. The molecular weight excluding hydrogens is 1940 g/mol. The number of nitrogens with zero attached hydrogens (tertiary/aromatic N) is 6. The Hall–Kier alpha value is -13.1. The summed E-state index contributed by atoms with van der Waals surface area (Å²) in [5, 5.41) is 53.0. The van der Waals surface area contributed by atoms with Crippen LogP contribution in [0.5, 0.6) is 5.75 Å². The van der Waals surface area contributed by atoms with Crippen molar-refractivity contribution in [1.82, 2.24) is 34.8 Å². The van der Waals surface area contributed by atoms with Crippen LogP contribution in [0.15, 0.2) is 210 Å². The normalized spacial score (nSPS) is 25.3. The van der Waals surface area contributed by atoms with Crippen LogP contribution in [-0.4, -0.2) is 243 Å². The number of hydrogen-bond donors (Lipinski definition) is 9. The molecule has 14 aliphatic rings. The average molecular weight is 2080 g/mol. The zero-order valence-electron chi connectivity index (χ0n) is 83.9. The van der Waals surface area contributed by atoms with E-state index in [1.54, 1.807) is 34.1 Å². The molecule has 6 saturated carbocycles. The van der Waals surface area contributed by atoms with Crippen LogP contribution in [0.25, 0.3) is 0 Å². The molecule has 7 unspecified atom stereocenters. The van der Waals surface area contributed by atoms with Gasteiger partial charge in [-0.15, -0.1) is 0 Å². The van der Waals surface area contributed by atoms with Gasteiger partial charge in [0.05, 0.1) is 58.8 Å². The number of pyridine rings is 1. The minimum atomic E-state index is -2.23. The first-order valence-corrected chi connectivity index (χ1v) is 48.1. The van der Waals surface area contributed by atoms with E-state index in [2.05, 4.69) is 126 Å². The molecule has 6 aromatic carbocycles. The number of esters is 5. The third-order valence-corrected chi connectivity index (χ3v) is 28.5. The van der Waals surface area contributed by atoms with Gasteiger partial charge in [-0.05, 0) is 187 Å². The van der Waals surface area contributed by atoms with E-state index in [0.717, 1.165) is 63.0 Å². The SMILES string of the molecule is C.C.C1=CCC=C1.CO.COC(=O)C(O)OC.COC(=O)C=N[C@@H](C)c1ccccc1.COC(=O)[C@H]1C2CC([C@H]3C[C@@H]23)N1C(=O)OC(C)(C)C.COC(=O)[C@H]1C2CC([C@H]3C[C@@H]23)N1[C@@H](C)c1ccccc1.COC(=O)[C@H]1[C@@H]2C=C[C@@H](C2)N1[C@@H](C)c1ccccc1.C[C@H](N)c1ccccc1.O=C(NCc1c(F)cc(F)cc1F)c1cn2c(c(O)c1=O)C(=O)N1C3CC([C@@H]4C[C@H]34)[C@@H]1C2.O=C(O)C(O)O.O=C1NC(=O)c2ccccc21.S. The Morgan fingerprint density at radius 1 is 0.554 bits per heavy atom. The molecule has 5 amide bonds. The standard InChI is InChI=1S/C22H18F3N3O4.C17H21NO2.C16H19NO2.C14H21NO4.C11H13NO2.C8H5NO2.C8H11N.C5H6.C4H8O4.C2H4O4.CH4O.2CH4.H2S/c23-8-1-14(24)12(15(25)2-8)5-26-21(31)13-6-27-7-17-11-4-16(10-3-9(10)11)28(17)22(32)18(27)20(30)19(13)29;1-10(11-6-4-3-5-7-11)18-15-9-14(12-8-13(12)15)16(18)17(19)20-2;1-11(12-6-4-3-5-7-12)17-14-9-8-13(10-14)15(17)16(18)19-2;1-14(2,3)19-13(17)15-10-6-9(7-5-8(7)10)11(15)12(16)18-4;1-9(12-8-11(13)14-2)10-6-4-3-5-7-10;10-7-5-3-1-2-4-6(5)8(11)9-7;1-7(9)8-5-3-2-4-6-8;1-2-4-5-3-1;1-7-3(5)4(6)8-2;3-1(4)2(5)6;1-2;;;/h1-2,6,9-11,16-17,30H,3-5,7H2,(H,26,31);3-7,10,12-16H,8-9H2,1-2H3;3-9,11,13-15H,10H2,1-2H3;7-11H,5-6H2,1-4H3;3-9H,1-2H3;1-4H,(H,9,10,11);2-7H,9H2,1H3;1-4H,5H2;3,5H,1-2H3;1,3-4H,(H,5,6);2H,1H3;2*1H4;1H2/t9-,10+,11?,16?,17+;10-,12+,13-,14?,15?,16+;11-,13+,14-,15+;7-,8+,9?,10?,11-;9-;;7-;;;;;;;/m10010.0......./s1. The summed E-state index contributed by atoms with van der Waals surface area (Å²) < 4.78 is 75.3. The molecule has 0 spiro atoms. The van der Waals surface area contributed by atoms with Crippen molar-refractivity contribution in [1.29, 1.82) is 0 Å². The molecule has 38 heteroatoms. The number of rotatable bonds is 17. The van der Waals surface area contributed by atoms with Crippen molar-refractivity contribution in [2.24, 2.45) is 69.9 Å². The predicted octanol–water partition coefficient (Wildman–Crippen LogP) is 13.0. The highest BCUT2D eigenvalue weighted by Gasteiger charge is 2.70. The van der Waals surface area contributed by atoms with E-state index in [1.807, 2.05) is 120 Å². The van der Waals surface area contributed by atoms with Gasteiger partial charge in [-0.2, -0.15) is 13.5 Å². The van der Waals surface area contributed by atoms with Gasteiger partial charge >= 0.3 is 41.9 Å². The fourth-order valence-corrected chi connectivity index (χ4v) is 21.6. The minimum Gasteiger partial charge on any atom is -0.503 e. The summed E-state index contributed by atoms with van der Waals surface area (Å²) in [6, 6.07) is 49.7. The predicted molar refractivity (Wildman–Crippen MR) is 549 cm³/mol. The van der Waals surface area contributed by atoms with Crippen LogP contribution < -0.4 is 21.8 Å². The molecule has 802 valence electrons. The Kier molecular flexibility index (Phi) is 44.0. The Bertz CT molecular complexity index is 5850. The number of fused-ring (bicyclic) bond motifs is 22. The van der Waals surface area contributed by atoms with Crippen molar-refractivity contribution in [3.05, 3.63) is 278 Å². The molecule has 23 atom stereocenters. The van der Waals surface area contributed by atoms with E-state index in [0.29, 0.717) is 83.3 Å². The number of aliphatic hydroxyl groups is 4.